The van der Waals surface area contributed by atoms with Gasteiger partial charge in [0.2, 0.25) is 0 Å². The first kappa shape index (κ1) is 20.2. The number of fused-ring (bicyclic) bond motifs is 1. The molecule has 0 N–H and O–H groups in total. The zero-order chi connectivity index (χ0) is 20.3. The fourth-order valence-corrected chi connectivity index (χ4v) is 3.54. The molecule has 1 heterocycles. The number of benzene rings is 1. The van der Waals surface area contributed by atoms with Crippen molar-refractivity contribution in [2.75, 3.05) is 13.7 Å². The van der Waals surface area contributed by atoms with E-state index in [1.807, 2.05) is 0 Å². The number of carbonyl (C=O) groups excluding carboxylic acids is 2. The molecule has 0 amide bonds. The van der Waals surface area contributed by atoms with Gasteiger partial charge < -0.3 is 14.2 Å². The summed E-state index contributed by atoms with van der Waals surface area (Å²) in [6.07, 6.45) is 2.47. The largest absolute Gasteiger partial charge is 0.468 e. The van der Waals surface area contributed by atoms with Crippen molar-refractivity contribution < 1.29 is 32.6 Å². The Balaban J connectivity index is 0.000000380. The molecule has 1 aliphatic heterocycles. The number of hydrogen-bond acceptors (Lipinski definition) is 6. The van der Waals surface area contributed by atoms with Crippen LogP contribution in [-0.2, 0) is 24.5 Å². The van der Waals surface area contributed by atoms with Crippen LogP contribution in [0.5, 0.6) is 5.75 Å². The van der Waals surface area contributed by atoms with Gasteiger partial charge in [0.1, 0.15) is 17.5 Å². The summed E-state index contributed by atoms with van der Waals surface area (Å²) in [4.78, 5) is 23.6. The van der Waals surface area contributed by atoms with Gasteiger partial charge in [-0.05, 0) is 37.0 Å². The van der Waals surface area contributed by atoms with Crippen molar-refractivity contribution in [3.8, 4) is 11.8 Å². The van der Waals surface area contributed by atoms with E-state index in [4.69, 9.17) is 4.74 Å². The zero-order valence-electron chi connectivity index (χ0n) is 15.4. The molecule has 4 atom stereocenters. The van der Waals surface area contributed by atoms with Crippen LogP contribution in [0.3, 0.4) is 0 Å². The average Bonchev–Trinajstić information content (AvgIpc) is 3.28. The van der Waals surface area contributed by atoms with Gasteiger partial charge in [-0.1, -0.05) is 12.1 Å². The molecule has 8 heteroatoms. The fourth-order valence-electron chi connectivity index (χ4n) is 3.54. The van der Waals surface area contributed by atoms with Gasteiger partial charge in [-0.3, -0.25) is 9.59 Å². The maximum Gasteiger partial charge on any atom is 0.387 e. The van der Waals surface area contributed by atoms with E-state index < -0.39 is 23.9 Å². The Morgan fingerprint density at radius 1 is 1.36 bits per heavy atom. The quantitative estimate of drug-likeness (QED) is 0.577. The van der Waals surface area contributed by atoms with Crippen LogP contribution in [0.25, 0.3) is 0 Å². The number of halogens is 2. The number of methoxy groups -OCH3 is 1. The van der Waals surface area contributed by atoms with E-state index in [1.54, 1.807) is 0 Å². The van der Waals surface area contributed by atoms with Crippen LogP contribution in [0.15, 0.2) is 24.3 Å². The van der Waals surface area contributed by atoms with E-state index in [1.165, 1.54) is 37.8 Å². The lowest BCUT2D eigenvalue weighted by atomic mass is 9.66. The predicted octanol–water partition coefficient (Wildman–Crippen LogP) is 3.00. The van der Waals surface area contributed by atoms with E-state index in [9.17, 15) is 23.6 Å². The topological polar surface area (TPSA) is 85.6 Å². The van der Waals surface area contributed by atoms with Gasteiger partial charge in [0, 0.05) is 12.3 Å². The molecular formula is C20H21F2NO5. The summed E-state index contributed by atoms with van der Waals surface area (Å²) in [5, 5.41) is 9.60. The number of rotatable bonds is 4. The van der Waals surface area contributed by atoms with Crippen LogP contribution in [0, 0.1) is 23.2 Å². The summed E-state index contributed by atoms with van der Waals surface area (Å²) >= 11 is 0. The van der Waals surface area contributed by atoms with Crippen molar-refractivity contribution in [2.24, 2.45) is 11.8 Å². The number of esters is 1. The van der Waals surface area contributed by atoms with Crippen LogP contribution < -0.4 is 4.74 Å². The van der Waals surface area contributed by atoms with Gasteiger partial charge in [-0.25, -0.2) is 0 Å². The Labute approximate surface area is 161 Å². The van der Waals surface area contributed by atoms with Crippen molar-refractivity contribution in [3.05, 3.63) is 29.8 Å². The van der Waals surface area contributed by atoms with Crippen molar-refractivity contribution in [1.29, 1.82) is 5.26 Å². The van der Waals surface area contributed by atoms with Crippen LogP contribution in [0.4, 0.5) is 8.78 Å². The summed E-state index contributed by atoms with van der Waals surface area (Å²) in [5.41, 5.74) is -0.473. The number of Topliss-reactive ketones (excluding diaryl/α,β-unsaturated/α-hetero) is 1. The van der Waals surface area contributed by atoms with Gasteiger partial charge in [-0.15, -0.1) is 0 Å². The van der Waals surface area contributed by atoms with E-state index >= 15 is 0 Å². The minimum absolute atomic E-state index is 0.0179. The van der Waals surface area contributed by atoms with E-state index in [0.717, 1.165) is 18.6 Å². The SMILES string of the molecule is C1OC2CC12.COC(=O)C1CC(C#N)(c2ccc(OC(F)F)cc2)CCC1=O. The molecule has 1 aromatic carbocycles. The van der Waals surface area contributed by atoms with Crippen molar-refractivity contribution in [1.82, 2.24) is 0 Å². The zero-order valence-corrected chi connectivity index (χ0v) is 15.4. The highest BCUT2D eigenvalue weighted by Crippen LogP contribution is 2.43. The third-order valence-corrected chi connectivity index (χ3v) is 5.45. The van der Waals surface area contributed by atoms with Crippen LogP contribution in [0.1, 0.15) is 31.2 Å². The standard InChI is InChI=1S/C16H15F2NO4.C4H6O/c1-22-14(21)12-8-16(9-19,7-6-13(12)20)10-2-4-11(5-3-10)23-15(17)18;1-3-2-5-4(1)3/h2-5,12,15H,6-8H2,1H3;3-4H,1-2H2. The first-order valence-corrected chi connectivity index (χ1v) is 9.07. The molecule has 6 nitrogen and oxygen atoms in total. The second-order valence-electron chi connectivity index (χ2n) is 7.21. The monoisotopic (exact) mass is 393 g/mol. The van der Waals surface area contributed by atoms with Crippen molar-refractivity contribution in [2.45, 2.75) is 43.8 Å². The number of carbonyl (C=O) groups is 2. The van der Waals surface area contributed by atoms with Gasteiger partial charge in [0.15, 0.2) is 0 Å². The third kappa shape index (κ3) is 4.30. The lowest BCUT2D eigenvalue weighted by Crippen LogP contribution is -2.40. The Hall–Kier alpha value is -2.53. The minimum Gasteiger partial charge on any atom is -0.468 e. The number of nitrogens with zero attached hydrogens (tertiary/aromatic N) is 1. The molecule has 0 aromatic heterocycles. The minimum atomic E-state index is -2.93. The maximum absolute atomic E-state index is 12.2. The summed E-state index contributed by atoms with van der Waals surface area (Å²) in [6.45, 7) is -1.87. The second kappa shape index (κ2) is 8.23. The van der Waals surface area contributed by atoms with E-state index in [-0.39, 0.29) is 30.8 Å². The molecular weight excluding hydrogens is 372 g/mol. The first-order chi connectivity index (χ1) is 13.4. The lowest BCUT2D eigenvalue weighted by molar-refractivity contribution is -0.151. The molecule has 4 rings (SSSR count). The first-order valence-electron chi connectivity index (χ1n) is 9.07. The van der Waals surface area contributed by atoms with Gasteiger partial charge in [-0.2, -0.15) is 14.0 Å². The molecule has 0 radical (unpaired) electrons. The molecule has 3 aliphatic rings. The Morgan fingerprint density at radius 2 is 2.04 bits per heavy atom. The Kier molecular flexibility index (Phi) is 5.94. The molecule has 0 spiro atoms. The highest BCUT2D eigenvalue weighted by molar-refractivity contribution is 6.00. The molecule has 3 fully saturated rings. The maximum atomic E-state index is 12.2. The normalized spacial score (nSPS) is 30.1. The summed E-state index contributed by atoms with van der Waals surface area (Å²) < 4.78 is 38.3. The highest BCUT2D eigenvalue weighted by Gasteiger charge is 2.47. The van der Waals surface area contributed by atoms with Gasteiger partial charge >= 0.3 is 12.6 Å². The van der Waals surface area contributed by atoms with Crippen LogP contribution >= 0.6 is 0 Å². The number of nitriles is 1. The number of hydrogen-bond donors (Lipinski definition) is 0. The molecule has 4 unspecified atom stereocenters. The molecule has 28 heavy (non-hydrogen) atoms. The molecule has 1 aromatic rings. The van der Waals surface area contributed by atoms with Crippen molar-refractivity contribution in [3.63, 3.8) is 0 Å². The van der Waals surface area contributed by atoms with Crippen LogP contribution in [-0.4, -0.2) is 38.2 Å². The van der Waals surface area contributed by atoms with E-state index in [0.29, 0.717) is 5.56 Å². The molecule has 0 bridgehead atoms. The molecule has 1 saturated heterocycles. The van der Waals surface area contributed by atoms with Crippen LogP contribution in [0.2, 0.25) is 0 Å². The smallest absolute Gasteiger partial charge is 0.387 e. The van der Waals surface area contributed by atoms with E-state index in [2.05, 4.69) is 15.5 Å². The summed E-state index contributed by atoms with van der Waals surface area (Å²) in [7, 11) is 1.19. The Bertz CT molecular complexity index is 756. The van der Waals surface area contributed by atoms with Crippen molar-refractivity contribution >= 4 is 11.8 Å². The number of ether oxygens (including phenoxy) is 3. The highest BCUT2D eigenvalue weighted by atomic mass is 19.3. The molecule has 2 saturated carbocycles. The average molecular weight is 393 g/mol. The summed E-state index contributed by atoms with van der Waals surface area (Å²) in [6, 6.07) is 7.86. The number of alkyl halides is 2. The molecule has 150 valence electrons. The predicted molar refractivity (Wildman–Crippen MR) is 92.6 cm³/mol. The summed E-state index contributed by atoms with van der Waals surface area (Å²) in [5.74, 6) is -0.902. The molecule has 2 aliphatic carbocycles. The Morgan fingerprint density at radius 3 is 2.46 bits per heavy atom. The van der Waals surface area contributed by atoms with Gasteiger partial charge in [0.25, 0.3) is 0 Å². The second-order valence-corrected chi connectivity index (χ2v) is 7.21. The fraction of sp³-hybridized carbons (Fsp3) is 0.550. The lowest BCUT2D eigenvalue weighted by Gasteiger charge is -2.34. The van der Waals surface area contributed by atoms with Gasteiger partial charge in [0.05, 0.1) is 31.3 Å². The number of ketones is 1. The third-order valence-electron chi connectivity index (χ3n) is 5.45.